The molecule has 28 heavy (non-hydrogen) atoms. The first-order valence-corrected chi connectivity index (χ1v) is 9.85. The first-order valence-electron chi connectivity index (χ1n) is 8.36. The van der Waals surface area contributed by atoms with Crippen LogP contribution in [0, 0.1) is 5.41 Å². The van der Waals surface area contributed by atoms with Crippen LogP contribution in [-0.4, -0.2) is 46.6 Å². The molecule has 1 aliphatic rings. The molecule has 1 saturated heterocycles. The van der Waals surface area contributed by atoms with Crippen molar-refractivity contribution in [1.82, 2.24) is 4.72 Å². The number of cyclic esters (lactones) is 1. The van der Waals surface area contributed by atoms with Gasteiger partial charge in [0, 0.05) is 17.8 Å². The van der Waals surface area contributed by atoms with Crippen molar-refractivity contribution in [2.24, 2.45) is 5.73 Å². The molecule has 0 radical (unpaired) electrons. The van der Waals surface area contributed by atoms with E-state index in [0.717, 1.165) is 0 Å². The molecule has 9 nitrogen and oxygen atoms in total. The number of nitrogens with one attached hydrogen (secondary N) is 2. The van der Waals surface area contributed by atoms with Crippen molar-refractivity contribution in [3.63, 3.8) is 0 Å². The van der Waals surface area contributed by atoms with E-state index in [-0.39, 0.29) is 23.8 Å². The number of anilines is 1. The standard InChI is InChI=1S/C18H20N4O5S/c1-26-14-6-8-16(9-7-14)28(24,25)21-10-15-11-22(18(23)27-15)13-4-2-12(3-5-13)17(19)20/h2-9,15,21H,10-11H2,1H3,(H3,19,20). The number of nitrogens with zero attached hydrogens (tertiary/aromatic N) is 1. The van der Waals surface area contributed by atoms with Crippen molar-refractivity contribution in [2.75, 3.05) is 25.1 Å². The summed E-state index contributed by atoms with van der Waals surface area (Å²) in [6.45, 7) is 0.144. The Kier molecular flexibility index (Phi) is 5.52. The second kappa shape index (κ2) is 7.87. The SMILES string of the molecule is COc1ccc(S(=O)(=O)NCC2CN(c3ccc(C(=N)N)cc3)C(=O)O2)cc1. The van der Waals surface area contributed by atoms with E-state index in [4.69, 9.17) is 20.6 Å². The fourth-order valence-electron chi connectivity index (χ4n) is 2.70. The van der Waals surface area contributed by atoms with Gasteiger partial charge in [0.1, 0.15) is 17.7 Å². The highest BCUT2D eigenvalue weighted by molar-refractivity contribution is 7.89. The molecule has 1 amide bonds. The highest BCUT2D eigenvalue weighted by atomic mass is 32.2. The fraction of sp³-hybridized carbons (Fsp3) is 0.222. The molecule has 1 unspecified atom stereocenters. The Morgan fingerprint density at radius 3 is 2.46 bits per heavy atom. The summed E-state index contributed by atoms with van der Waals surface area (Å²) in [6.07, 6.45) is -1.20. The molecule has 0 bridgehead atoms. The number of nitrogen functional groups attached to an aromatic ring is 1. The summed E-state index contributed by atoms with van der Waals surface area (Å²) in [5.41, 5.74) is 6.54. The normalized spacial score (nSPS) is 16.7. The number of amidine groups is 1. The number of amides is 1. The molecule has 1 aliphatic heterocycles. The molecule has 0 saturated carbocycles. The molecule has 4 N–H and O–H groups in total. The van der Waals surface area contributed by atoms with E-state index in [1.54, 1.807) is 36.4 Å². The minimum absolute atomic E-state index is 0.0534. The van der Waals surface area contributed by atoms with Gasteiger partial charge in [-0.25, -0.2) is 17.9 Å². The van der Waals surface area contributed by atoms with Gasteiger partial charge in [0.25, 0.3) is 0 Å². The summed E-state index contributed by atoms with van der Waals surface area (Å²) in [7, 11) is -2.24. The van der Waals surface area contributed by atoms with Gasteiger partial charge >= 0.3 is 6.09 Å². The third kappa shape index (κ3) is 4.24. The number of sulfonamides is 1. The molecule has 148 valence electrons. The average molecular weight is 404 g/mol. The number of rotatable bonds is 7. The van der Waals surface area contributed by atoms with Crippen LogP contribution in [0.15, 0.2) is 53.4 Å². The molecule has 3 rings (SSSR count). The lowest BCUT2D eigenvalue weighted by Gasteiger charge is -2.13. The van der Waals surface area contributed by atoms with E-state index in [1.165, 1.54) is 24.1 Å². The second-order valence-electron chi connectivity index (χ2n) is 6.10. The van der Waals surface area contributed by atoms with Gasteiger partial charge in [-0.15, -0.1) is 0 Å². The Balaban J connectivity index is 1.62. The van der Waals surface area contributed by atoms with Crippen LogP contribution < -0.4 is 20.1 Å². The minimum Gasteiger partial charge on any atom is -0.497 e. The molecule has 1 fully saturated rings. The quantitative estimate of drug-likeness (QED) is 0.470. The van der Waals surface area contributed by atoms with Crippen molar-refractivity contribution in [1.29, 1.82) is 5.41 Å². The number of ether oxygens (including phenoxy) is 2. The molecule has 0 aromatic heterocycles. The lowest BCUT2D eigenvalue weighted by atomic mass is 10.2. The number of benzene rings is 2. The molecule has 1 heterocycles. The summed E-state index contributed by atoms with van der Waals surface area (Å²) >= 11 is 0. The van der Waals surface area contributed by atoms with Gasteiger partial charge in [-0.2, -0.15) is 0 Å². The maximum Gasteiger partial charge on any atom is 0.414 e. The Morgan fingerprint density at radius 1 is 1.25 bits per heavy atom. The summed E-state index contributed by atoms with van der Waals surface area (Å²) < 4.78 is 37.5. The maximum atomic E-state index is 12.4. The molecule has 0 aliphatic carbocycles. The highest BCUT2D eigenvalue weighted by Gasteiger charge is 2.33. The first-order chi connectivity index (χ1) is 13.3. The van der Waals surface area contributed by atoms with E-state index >= 15 is 0 Å². The van der Waals surface area contributed by atoms with Crippen LogP contribution in [0.5, 0.6) is 5.75 Å². The lowest BCUT2D eigenvalue weighted by Crippen LogP contribution is -2.34. The zero-order valence-electron chi connectivity index (χ0n) is 15.1. The number of methoxy groups -OCH3 is 1. The topological polar surface area (TPSA) is 135 Å². The van der Waals surface area contributed by atoms with Gasteiger partial charge in [0.05, 0.1) is 18.6 Å². The van der Waals surface area contributed by atoms with Gasteiger partial charge in [0.2, 0.25) is 10.0 Å². The van der Waals surface area contributed by atoms with E-state index in [2.05, 4.69) is 4.72 Å². The predicted octanol–water partition coefficient (Wildman–Crippen LogP) is 1.28. The van der Waals surface area contributed by atoms with Crippen molar-refractivity contribution in [3.05, 3.63) is 54.1 Å². The van der Waals surface area contributed by atoms with Gasteiger partial charge in [-0.3, -0.25) is 10.3 Å². The van der Waals surface area contributed by atoms with E-state index < -0.39 is 22.2 Å². The fourth-order valence-corrected chi connectivity index (χ4v) is 3.77. The van der Waals surface area contributed by atoms with Crippen LogP contribution in [0.3, 0.4) is 0 Å². The molecule has 2 aromatic carbocycles. The maximum absolute atomic E-state index is 12.4. The van der Waals surface area contributed by atoms with Crippen molar-refractivity contribution < 1.29 is 22.7 Å². The Hall–Kier alpha value is -3.11. The van der Waals surface area contributed by atoms with Crippen molar-refractivity contribution >= 4 is 27.6 Å². The number of carbonyl (C=O) groups is 1. The Bertz CT molecular complexity index is 974. The number of carbonyl (C=O) groups excluding carboxylic acids is 1. The van der Waals surface area contributed by atoms with E-state index in [9.17, 15) is 13.2 Å². The number of hydrogen-bond acceptors (Lipinski definition) is 6. The molecule has 10 heteroatoms. The molecule has 2 aromatic rings. The Labute approximate surface area is 162 Å². The highest BCUT2D eigenvalue weighted by Crippen LogP contribution is 2.22. The number of hydrogen-bond donors (Lipinski definition) is 3. The smallest absolute Gasteiger partial charge is 0.414 e. The second-order valence-corrected chi connectivity index (χ2v) is 7.87. The van der Waals surface area contributed by atoms with Gasteiger partial charge in [-0.05, 0) is 48.5 Å². The monoisotopic (exact) mass is 404 g/mol. The third-order valence-corrected chi connectivity index (χ3v) is 5.67. The Morgan fingerprint density at radius 2 is 1.89 bits per heavy atom. The molecule has 1 atom stereocenters. The molecular weight excluding hydrogens is 384 g/mol. The first kappa shape index (κ1) is 19.6. The van der Waals surface area contributed by atoms with Crippen molar-refractivity contribution in [2.45, 2.75) is 11.0 Å². The lowest BCUT2D eigenvalue weighted by molar-refractivity contribution is 0.143. The van der Waals surface area contributed by atoms with Gasteiger partial charge in [-0.1, -0.05) is 0 Å². The van der Waals surface area contributed by atoms with Gasteiger partial charge < -0.3 is 15.2 Å². The number of nitrogens with two attached hydrogens (primary N) is 1. The minimum atomic E-state index is -3.74. The third-order valence-electron chi connectivity index (χ3n) is 4.23. The van der Waals surface area contributed by atoms with Gasteiger partial charge in [0.15, 0.2) is 0 Å². The molecular formula is C18H20N4O5S. The summed E-state index contributed by atoms with van der Waals surface area (Å²) in [4.78, 5) is 13.6. The predicted molar refractivity (Wildman–Crippen MR) is 103 cm³/mol. The van der Waals surface area contributed by atoms with E-state index in [1.807, 2.05) is 0 Å². The zero-order valence-corrected chi connectivity index (χ0v) is 15.9. The van der Waals surface area contributed by atoms with Crippen LogP contribution >= 0.6 is 0 Å². The summed E-state index contributed by atoms with van der Waals surface area (Å²) in [5.74, 6) is 0.483. The largest absolute Gasteiger partial charge is 0.497 e. The summed E-state index contributed by atoms with van der Waals surface area (Å²) in [6, 6.07) is 12.5. The van der Waals surface area contributed by atoms with Crippen LogP contribution in [-0.2, 0) is 14.8 Å². The van der Waals surface area contributed by atoms with E-state index in [0.29, 0.717) is 17.0 Å². The zero-order chi connectivity index (χ0) is 20.3. The summed E-state index contributed by atoms with van der Waals surface area (Å²) in [5, 5.41) is 7.39. The van der Waals surface area contributed by atoms with Crippen molar-refractivity contribution in [3.8, 4) is 5.75 Å². The van der Waals surface area contributed by atoms with Crippen LogP contribution in [0.25, 0.3) is 0 Å². The van der Waals surface area contributed by atoms with Crippen LogP contribution in [0.1, 0.15) is 5.56 Å². The van der Waals surface area contributed by atoms with Crippen LogP contribution in [0.2, 0.25) is 0 Å². The molecule has 0 spiro atoms. The average Bonchev–Trinajstić information content (AvgIpc) is 3.07. The van der Waals surface area contributed by atoms with Crippen LogP contribution in [0.4, 0.5) is 10.5 Å².